The van der Waals surface area contributed by atoms with Gasteiger partial charge in [0, 0.05) is 25.2 Å². The molecule has 0 bridgehead atoms. The van der Waals surface area contributed by atoms with E-state index in [1.165, 1.54) is 7.11 Å². The van der Waals surface area contributed by atoms with Gasteiger partial charge < -0.3 is 19.5 Å². The van der Waals surface area contributed by atoms with Crippen LogP contribution in [0.5, 0.6) is 0 Å². The Morgan fingerprint density at radius 2 is 2.31 bits per heavy atom. The summed E-state index contributed by atoms with van der Waals surface area (Å²) >= 11 is 0. The van der Waals surface area contributed by atoms with E-state index < -0.39 is 5.97 Å². The molecule has 1 aromatic heterocycles. The minimum Gasteiger partial charge on any atom is -0.463 e. The number of nitrogens with one attached hydrogen (secondary N) is 1. The molecule has 16 heavy (non-hydrogen) atoms. The molecule has 0 atom stereocenters. The van der Waals surface area contributed by atoms with Crippen molar-refractivity contribution in [3.05, 3.63) is 18.7 Å². The summed E-state index contributed by atoms with van der Waals surface area (Å²) in [6.07, 6.45) is 4.97. The van der Waals surface area contributed by atoms with Crippen LogP contribution in [0, 0.1) is 5.41 Å². The third-order valence-corrected chi connectivity index (χ3v) is 1.84. The summed E-state index contributed by atoms with van der Waals surface area (Å²) in [5.41, 5.74) is 0.292. The number of esters is 1. The normalized spacial score (nSPS) is 10.1. The Balaban J connectivity index is 2.21. The maximum atomic E-state index is 11.2. The van der Waals surface area contributed by atoms with Crippen LogP contribution >= 0.6 is 0 Å². The van der Waals surface area contributed by atoms with Gasteiger partial charge in [0.1, 0.15) is 6.61 Å². The summed E-state index contributed by atoms with van der Waals surface area (Å²) in [5, 5.41) is 7.59. The van der Waals surface area contributed by atoms with Crippen molar-refractivity contribution in [1.82, 2.24) is 9.55 Å². The van der Waals surface area contributed by atoms with Crippen LogP contribution in [0.2, 0.25) is 0 Å². The van der Waals surface area contributed by atoms with Gasteiger partial charge in [0.25, 0.3) is 0 Å². The second-order valence-corrected chi connectivity index (χ2v) is 3.23. The van der Waals surface area contributed by atoms with E-state index >= 15 is 0 Å². The highest BCUT2D eigenvalue weighted by Gasteiger charge is 2.07. The molecule has 0 radical (unpaired) electrons. The smallest absolute Gasteiger partial charge is 0.311 e. The van der Waals surface area contributed by atoms with E-state index in [1.54, 1.807) is 23.3 Å². The topological polar surface area (TPSA) is 77.2 Å². The standard InChI is InChI=1S/C10H15N3O3/c1-15-4-5-16-10(14)6-9(11)7-13-3-2-12-8-13/h2-3,8,11H,4-7H2,1H3. The van der Waals surface area contributed by atoms with Crippen molar-refractivity contribution in [2.75, 3.05) is 20.3 Å². The molecule has 0 fully saturated rings. The molecule has 0 aliphatic heterocycles. The molecule has 6 nitrogen and oxygen atoms in total. The van der Waals surface area contributed by atoms with Gasteiger partial charge in [0.15, 0.2) is 0 Å². The molecule has 0 aliphatic rings. The second kappa shape index (κ2) is 6.73. The van der Waals surface area contributed by atoms with Crippen LogP contribution in [0.1, 0.15) is 6.42 Å². The Kier molecular flexibility index (Phi) is 5.21. The fourth-order valence-electron chi connectivity index (χ4n) is 1.12. The molecule has 88 valence electrons. The number of carbonyl (C=O) groups is 1. The zero-order valence-electron chi connectivity index (χ0n) is 9.18. The van der Waals surface area contributed by atoms with E-state index in [4.69, 9.17) is 14.9 Å². The molecule has 0 unspecified atom stereocenters. The van der Waals surface area contributed by atoms with Gasteiger partial charge in [-0.2, -0.15) is 0 Å². The number of ether oxygens (including phenoxy) is 2. The monoisotopic (exact) mass is 225 g/mol. The number of methoxy groups -OCH3 is 1. The summed E-state index contributed by atoms with van der Waals surface area (Å²) in [4.78, 5) is 15.1. The minimum absolute atomic E-state index is 0.00188. The Bertz CT molecular complexity index is 335. The van der Waals surface area contributed by atoms with Crippen LogP contribution in [0.3, 0.4) is 0 Å². The molecule has 0 saturated heterocycles. The van der Waals surface area contributed by atoms with Crippen molar-refractivity contribution in [2.24, 2.45) is 0 Å². The number of hydrogen-bond acceptors (Lipinski definition) is 5. The molecule has 1 aromatic rings. The lowest BCUT2D eigenvalue weighted by atomic mass is 10.2. The summed E-state index contributed by atoms with van der Waals surface area (Å²) < 4.78 is 11.3. The van der Waals surface area contributed by atoms with E-state index in [-0.39, 0.29) is 13.0 Å². The number of carbonyl (C=O) groups excluding carboxylic acids is 1. The van der Waals surface area contributed by atoms with Gasteiger partial charge in [-0.15, -0.1) is 0 Å². The first-order chi connectivity index (χ1) is 7.72. The number of hydrogen-bond donors (Lipinski definition) is 1. The summed E-state index contributed by atoms with van der Waals surface area (Å²) in [6.45, 7) is 0.966. The first-order valence-electron chi connectivity index (χ1n) is 4.89. The van der Waals surface area contributed by atoms with Crippen molar-refractivity contribution in [2.45, 2.75) is 13.0 Å². The van der Waals surface area contributed by atoms with Crippen LogP contribution in [-0.4, -0.2) is 41.6 Å². The van der Waals surface area contributed by atoms with Crippen LogP contribution in [0.15, 0.2) is 18.7 Å². The lowest BCUT2D eigenvalue weighted by Crippen LogP contribution is -2.16. The number of nitrogens with zero attached hydrogens (tertiary/aromatic N) is 2. The van der Waals surface area contributed by atoms with Crippen molar-refractivity contribution < 1.29 is 14.3 Å². The lowest BCUT2D eigenvalue weighted by molar-refractivity contribution is -0.143. The molecule has 0 spiro atoms. The molecule has 0 amide bonds. The molecule has 0 saturated carbocycles. The first-order valence-corrected chi connectivity index (χ1v) is 4.89. The number of rotatable bonds is 7. The SMILES string of the molecule is COCCOC(=O)CC(=N)Cn1ccnc1. The average Bonchev–Trinajstić information content (AvgIpc) is 2.70. The van der Waals surface area contributed by atoms with Gasteiger partial charge in [-0.05, 0) is 0 Å². The maximum absolute atomic E-state index is 11.2. The van der Waals surface area contributed by atoms with Gasteiger partial charge in [0.2, 0.25) is 0 Å². The quantitative estimate of drug-likeness (QED) is 0.416. The third-order valence-electron chi connectivity index (χ3n) is 1.84. The van der Waals surface area contributed by atoms with E-state index in [1.807, 2.05) is 0 Å². The zero-order chi connectivity index (χ0) is 11.8. The summed E-state index contributed by atoms with van der Waals surface area (Å²) in [6, 6.07) is 0. The molecular formula is C10H15N3O3. The highest BCUT2D eigenvalue weighted by molar-refractivity contribution is 5.97. The summed E-state index contributed by atoms with van der Waals surface area (Å²) in [5.74, 6) is -0.401. The molecule has 1 rings (SSSR count). The van der Waals surface area contributed by atoms with E-state index in [0.717, 1.165) is 0 Å². The van der Waals surface area contributed by atoms with Gasteiger partial charge in [0.05, 0.1) is 25.9 Å². The molecule has 1 N–H and O–H groups in total. The van der Waals surface area contributed by atoms with E-state index in [9.17, 15) is 4.79 Å². The Morgan fingerprint density at radius 3 is 2.94 bits per heavy atom. The van der Waals surface area contributed by atoms with Crippen LogP contribution < -0.4 is 0 Å². The zero-order valence-corrected chi connectivity index (χ0v) is 9.18. The van der Waals surface area contributed by atoms with Gasteiger partial charge in [-0.25, -0.2) is 4.98 Å². The molecule has 0 aromatic carbocycles. The summed E-state index contributed by atoms with van der Waals surface area (Å²) in [7, 11) is 1.54. The van der Waals surface area contributed by atoms with Crippen molar-refractivity contribution in [3.8, 4) is 0 Å². The van der Waals surface area contributed by atoms with Crippen LogP contribution in [0.25, 0.3) is 0 Å². The van der Waals surface area contributed by atoms with E-state index in [0.29, 0.717) is 18.9 Å². The Labute approximate surface area is 93.7 Å². The van der Waals surface area contributed by atoms with Crippen LogP contribution in [0.4, 0.5) is 0 Å². The van der Waals surface area contributed by atoms with E-state index in [2.05, 4.69) is 4.98 Å². The fourth-order valence-corrected chi connectivity index (χ4v) is 1.12. The van der Waals surface area contributed by atoms with Crippen molar-refractivity contribution in [1.29, 1.82) is 5.41 Å². The second-order valence-electron chi connectivity index (χ2n) is 3.23. The molecule has 1 heterocycles. The third kappa shape index (κ3) is 4.70. The first kappa shape index (κ1) is 12.4. The molecular weight excluding hydrogens is 210 g/mol. The van der Waals surface area contributed by atoms with Gasteiger partial charge in [-0.1, -0.05) is 0 Å². The minimum atomic E-state index is -0.401. The van der Waals surface area contributed by atoms with Gasteiger partial charge >= 0.3 is 5.97 Å². The van der Waals surface area contributed by atoms with Crippen molar-refractivity contribution in [3.63, 3.8) is 0 Å². The Morgan fingerprint density at radius 1 is 1.50 bits per heavy atom. The number of imidazole rings is 1. The Hall–Kier alpha value is -1.69. The fraction of sp³-hybridized carbons (Fsp3) is 0.500. The highest BCUT2D eigenvalue weighted by Crippen LogP contribution is 1.94. The molecule has 0 aliphatic carbocycles. The van der Waals surface area contributed by atoms with Gasteiger partial charge in [-0.3, -0.25) is 4.79 Å². The molecule has 6 heteroatoms. The largest absolute Gasteiger partial charge is 0.463 e. The highest BCUT2D eigenvalue weighted by atomic mass is 16.6. The lowest BCUT2D eigenvalue weighted by Gasteiger charge is -2.05. The van der Waals surface area contributed by atoms with Crippen molar-refractivity contribution >= 4 is 11.7 Å². The predicted molar refractivity (Wildman–Crippen MR) is 57.4 cm³/mol. The average molecular weight is 225 g/mol. The van der Waals surface area contributed by atoms with Crippen LogP contribution in [-0.2, 0) is 20.8 Å². The maximum Gasteiger partial charge on any atom is 0.311 e. The number of aromatic nitrogens is 2. The predicted octanol–water partition coefficient (Wildman–Crippen LogP) is 0.483.